The van der Waals surface area contributed by atoms with Crippen molar-refractivity contribution in [3.05, 3.63) is 29.8 Å². The third-order valence-electron chi connectivity index (χ3n) is 4.68. The van der Waals surface area contributed by atoms with Crippen molar-refractivity contribution < 1.29 is 8.42 Å². The third kappa shape index (κ3) is 7.34. The maximum Gasteiger partial charge on any atom is 0.211 e. The van der Waals surface area contributed by atoms with Crippen molar-refractivity contribution in [2.45, 2.75) is 33.6 Å². The number of nitrogens with one attached hydrogen (secondary N) is 1. The lowest BCUT2D eigenvalue weighted by molar-refractivity contribution is 0.255. The lowest BCUT2D eigenvalue weighted by Gasteiger charge is -2.36. The van der Waals surface area contributed by atoms with Crippen LogP contribution in [0.25, 0.3) is 0 Å². The summed E-state index contributed by atoms with van der Waals surface area (Å²) in [5.41, 5.74) is 2.60. The predicted octanol–water partition coefficient (Wildman–Crippen LogP) is 2.47. The van der Waals surface area contributed by atoms with E-state index in [4.69, 9.17) is 0 Å². The maximum absolute atomic E-state index is 11.9. The van der Waals surface area contributed by atoms with Crippen LogP contribution >= 0.6 is 0 Å². The minimum absolute atomic E-state index is 0.236. The second-order valence-corrected chi connectivity index (χ2v) is 9.34. The van der Waals surface area contributed by atoms with E-state index in [-0.39, 0.29) is 5.75 Å². The Balaban J connectivity index is 1.64. The molecule has 0 aliphatic carbocycles. The van der Waals surface area contributed by atoms with Crippen LogP contribution in [0.3, 0.4) is 0 Å². The van der Waals surface area contributed by atoms with Crippen LogP contribution in [0, 0.1) is 12.8 Å². The van der Waals surface area contributed by atoms with Gasteiger partial charge in [0.1, 0.15) is 0 Å². The molecule has 5 nitrogen and oxygen atoms in total. The van der Waals surface area contributed by atoms with Crippen molar-refractivity contribution in [1.29, 1.82) is 0 Å². The Labute approximate surface area is 153 Å². The molecule has 1 heterocycles. The summed E-state index contributed by atoms with van der Waals surface area (Å²) in [6.45, 7) is 11.8. The summed E-state index contributed by atoms with van der Waals surface area (Å²) in [4.78, 5) is 4.85. The molecule has 25 heavy (non-hydrogen) atoms. The molecule has 0 saturated carbocycles. The molecule has 1 aromatic rings. The third-order valence-corrected chi connectivity index (χ3v) is 6.09. The highest BCUT2D eigenvalue weighted by Gasteiger charge is 2.17. The molecule has 1 saturated heterocycles. The number of anilines is 1. The smallest absolute Gasteiger partial charge is 0.211 e. The molecule has 1 fully saturated rings. The molecule has 1 aromatic carbocycles. The van der Waals surface area contributed by atoms with E-state index in [2.05, 4.69) is 45.7 Å². The SMILES string of the molecule is Cc1cccc(N2CCN(CCCNS(=O)(=O)CCC(C)C)CC2)c1. The zero-order chi connectivity index (χ0) is 18.3. The van der Waals surface area contributed by atoms with Gasteiger partial charge in [-0.2, -0.15) is 0 Å². The lowest BCUT2D eigenvalue weighted by atomic mass is 10.2. The summed E-state index contributed by atoms with van der Waals surface area (Å²) < 4.78 is 26.5. The van der Waals surface area contributed by atoms with Gasteiger partial charge in [-0.15, -0.1) is 0 Å². The largest absolute Gasteiger partial charge is 0.369 e. The molecule has 142 valence electrons. The van der Waals surface area contributed by atoms with Crippen molar-refractivity contribution in [3.63, 3.8) is 0 Å². The number of sulfonamides is 1. The van der Waals surface area contributed by atoms with Gasteiger partial charge in [-0.05, 0) is 49.9 Å². The lowest BCUT2D eigenvalue weighted by Crippen LogP contribution is -2.47. The van der Waals surface area contributed by atoms with Crippen LogP contribution in [0.5, 0.6) is 0 Å². The van der Waals surface area contributed by atoms with E-state index < -0.39 is 10.0 Å². The zero-order valence-electron chi connectivity index (χ0n) is 15.9. The van der Waals surface area contributed by atoms with Gasteiger partial charge >= 0.3 is 0 Å². The van der Waals surface area contributed by atoms with Crippen LogP contribution < -0.4 is 9.62 Å². The molecule has 0 radical (unpaired) electrons. The maximum atomic E-state index is 11.9. The fraction of sp³-hybridized carbons (Fsp3) is 0.684. The van der Waals surface area contributed by atoms with Gasteiger partial charge in [0.25, 0.3) is 0 Å². The van der Waals surface area contributed by atoms with Crippen LogP contribution in [0.4, 0.5) is 5.69 Å². The molecule has 0 spiro atoms. The second-order valence-electron chi connectivity index (χ2n) is 7.42. The number of hydrogen-bond donors (Lipinski definition) is 1. The van der Waals surface area contributed by atoms with Crippen molar-refractivity contribution >= 4 is 15.7 Å². The van der Waals surface area contributed by atoms with E-state index in [1.54, 1.807) is 0 Å². The molecular formula is C19H33N3O2S. The van der Waals surface area contributed by atoms with Crippen molar-refractivity contribution in [3.8, 4) is 0 Å². The van der Waals surface area contributed by atoms with E-state index in [9.17, 15) is 8.42 Å². The van der Waals surface area contributed by atoms with Gasteiger partial charge in [-0.25, -0.2) is 13.1 Å². The second kappa shape index (κ2) is 9.55. The van der Waals surface area contributed by atoms with Crippen molar-refractivity contribution in [1.82, 2.24) is 9.62 Å². The summed E-state index contributed by atoms with van der Waals surface area (Å²) in [5, 5.41) is 0. The van der Waals surface area contributed by atoms with Crippen LogP contribution in [-0.4, -0.2) is 58.3 Å². The normalized spacial score (nSPS) is 16.6. The summed E-state index contributed by atoms with van der Waals surface area (Å²) in [6, 6.07) is 8.65. The van der Waals surface area contributed by atoms with Gasteiger partial charge in [0.05, 0.1) is 5.75 Å². The monoisotopic (exact) mass is 367 g/mol. The summed E-state index contributed by atoms with van der Waals surface area (Å²) >= 11 is 0. The summed E-state index contributed by atoms with van der Waals surface area (Å²) in [7, 11) is -3.11. The highest BCUT2D eigenvalue weighted by Crippen LogP contribution is 2.17. The molecule has 0 aromatic heterocycles. The molecule has 6 heteroatoms. The molecule has 1 N–H and O–H groups in total. The quantitative estimate of drug-likeness (QED) is 0.681. The van der Waals surface area contributed by atoms with E-state index in [1.165, 1.54) is 11.3 Å². The fourth-order valence-corrected chi connectivity index (χ4v) is 4.43. The summed E-state index contributed by atoms with van der Waals surface area (Å²) in [5.74, 6) is 0.654. The van der Waals surface area contributed by atoms with E-state index in [1.807, 2.05) is 13.8 Å². The van der Waals surface area contributed by atoms with Crippen LogP contribution in [-0.2, 0) is 10.0 Å². The Morgan fingerprint density at radius 3 is 2.52 bits per heavy atom. The minimum atomic E-state index is -3.11. The average molecular weight is 368 g/mol. The molecule has 0 atom stereocenters. The van der Waals surface area contributed by atoms with Crippen LogP contribution in [0.1, 0.15) is 32.3 Å². The van der Waals surface area contributed by atoms with E-state index in [0.29, 0.717) is 12.5 Å². The van der Waals surface area contributed by atoms with Crippen LogP contribution in [0.15, 0.2) is 24.3 Å². The van der Waals surface area contributed by atoms with Gasteiger partial charge in [-0.1, -0.05) is 26.0 Å². The first kappa shape index (κ1) is 20.2. The highest BCUT2D eigenvalue weighted by molar-refractivity contribution is 7.89. The predicted molar refractivity (Wildman–Crippen MR) is 106 cm³/mol. The number of piperazine rings is 1. The standard InChI is InChI=1S/C19H33N3O2S/c1-17(2)8-15-25(23,24)20-9-5-10-21-11-13-22(14-12-21)19-7-4-6-18(3)16-19/h4,6-7,16-17,20H,5,8-15H2,1-3H3. The molecule has 0 amide bonds. The van der Waals surface area contributed by atoms with Crippen molar-refractivity contribution in [2.24, 2.45) is 5.92 Å². The fourth-order valence-electron chi connectivity index (χ4n) is 3.05. The number of aryl methyl sites for hydroxylation is 1. The van der Waals surface area contributed by atoms with Gasteiger partial charge in [0.15, 0.2) is 0 Å². The molecule has 1 aliphatic heterocycles. The Bertz CT molecular complexity index is 623. The Morgan fingerprint density at radius 1 is 1.16 bits per heavy atom. The average Bonchev–Trinajstić information content (AvgIpc) is 2.58. The number of hydrogen-bond acceptors (Lipinski definition) is 4. The Morgan fingerprint density at radius 2 is 1.88 bits per heavy atom. The molecule has 1 aliphatic rings. The number of nitrogens with zero attached hydrogens (tertiary/aromatic N) is 2. The number of benzene rings is 1. The van der Waals surface area contributed by atoms with Crippen molar-refractivity contribution in [2.75, 3.05) is 49.9 Å². The Kier molecular flexibility index (Phi) is 7.72. The zero-order valence-corrected chi connectivity index (χ0v) is 16.7. The summed E-state index contributed by atoms with van der Waals surface area (Å²) in [6.07, 6.45) is 1.58. The first-order valence-electron chi connectivity index (χ1n) is 9.37. The van der Waals surface area contributed by atoms with Gasteiger partial charge in [0, 0.05) is 38.4 Å². The first-order valence-corrected chi connectivity index (χ1v) is 11.0. The van der Waals surface area contributed by atoms with E-state index >= 15 is 0 Å². The van der Waals surface area contributed by atoms with Crippen LogP contribution in [0.2, 0.25) is 0 Å². The molecule has 0 unspecified atom stereocenters. The highest BCUT2D eigenvalue weighted by atomic mass is 32.2. The molecule has 2 rings (SSSR count). The van der Waals surface area contributed by atoms with E-state index in [0.717, 1.165) is 45.6 Å². The van der Waals surface area contributed by atoms with Gasteiger partial charge < -0.3 is 4.90 Å². The molecule has 0 bridgehead atoms. The van der Waals surface area contributed by atoms with Gasteiger partial charge in [0.2, 0.25) is 10.0 Å². The molecular weight excluding hydrogens is 334 g/mol. The topological polar surface area (TPSA) is 52.6 Å². The number of rotatable bonds is 9. The Hall–Kier alpha value is -1.11. The first-order chi connectivity index (χ1) is 11.9. The van der Waals surface area contributed by atoms with Gasteiger partial charge in [-0.3, -0.25) is 4.90 Å². The minimum Gasteiger partial charge on any atom is -0.369 e.